The Kier molecular flexibility index (Phi) is 5.69. The number of nitrogens with one attached hydrogen (secondary N) is 1. The van der Waals surface area contributed by atoms with Gasteiger partial charge in [0.15, 0.2) is 17.1 Å². The lowest BCUT2D eigenvalue weighted by Crippen LogP contribution is -2.39. The van der Waals surface area contributed by atoms with Crippen LogP contribution in [-0.2, 0) is 5.60 Å². The van der Waals surface area contributed by atoms with Gasteiger partial charge in [0, 0.05) is 11.8 Å². The lowest BCUT2D eigenvalue weighted by atomic mass is 9.91. The lowest BCUT2D eigenvalue weighted by molar-refractivity contribution is -0.258. The largest absolute Gasteiger partial charge is 0.472 e. The number of imidazole rings is 1. The number of rotatable bonds is 5. The zero-order valence-corrected chi connectivity index (χ0v) is 16.5. The second-order valence-corrected chi connectivity index (χ2v) is 7.14. The van der Waals surface area contributed by atoms with Crippen molar-refractivity contribution < 1.29 is 33.1 Å². The SMILES string of the molecule is Cc1ccc(C(C)(O)C(F)(F)F)cc1-c1cnc2c(N)nc(C(=O)NCB(O)O)cn12. The zero-order valence-electron chi connectivity index (χ0n) is 16.5. The number of hydrogen-bond acceptors (Lipinski definition) is 7. The summed E-state index contributed by atoms with van der Waals surface area (Å²) in [6.45, 7) is 2.33. The molecule has 0 aliphatic heterocycles. The molecule has 31 heavy (non-hydrogen) atoms. The van der Waals surface area contributed by atoms with Crippen molar-refractivity contribution in [3.05, 3.63) is 47.4 Å². The molecule has 0 bridgehead atoms. The van der Waals surface area contributed by atoms with E-state index < -0.39 is 31.2 Å². The number of benzene rings is 1. The molecule has 0 fully saturated rings. The summed E-state index contributed by atoms with van der Waals surface area (Å²) in [5, 5.41) is 30.1. The van der Waals surface area contributed by atoms with Crippen LogP contribution >= 0.6 is 0 Å². The summed E-state index contributed by atoms with van der Waals surface area (Å²) < 4.78 is 41.3. The number of carbonyl (C=O) groups is 1. The molecule has 164 valence electrons. The first-order chi connectivity index (χ1) is 14.3. The molecule has 3 rings (SSSR count). The van der Waals surface area contributed by atoms with Gasteiger partial charge in [0.1, 0.15) is 5.69 Å². The molecule has 1 atom stereocenters. The van der Waals surface area contributed by atoms with Gasteiger partial charge >= 0.3 is 13.3 Å². The quantitative estimate of drug-likeness (QED) is 0.371. The normalized spacial score (nSPS) is 13.8. The smallest absolute Gasteiger partial charge is 0.426 e. The summed E-state index contributed by atoms with van der Waals surface area (Å²) in [6.07, 6.45) is -2.69. The van der Waals surface area contributed by atoms with Gasteiger partial charge in [-0.2, -0.15) is 13.2 Å². The number of anilines is 1. The molecule has 6 N–H and O–H groups in total. The van der Waals surface area contributed by atoms with Crippen LogP contribution in [0.25, 0.3) is 16.9 Å². The maximum Gasteiger partial charge on any atom is 0.472 e. The summed E-state index contributed by atoms with van der Waals surface area (Å²) in [5.41, 5.74) is 3.67. The number of halogens is 3. The highest BCUT2D eigenvalue weighted by atomic mass is 19.4. The van der Waals surface area contributed by atoms with Gasteiger partial charge in [-0.3, -0.25) is 9.20 Å². The van der Waals surface area contributed by atoms with Crippen molar-refractivity contribution in [3.8, 4) is 11.3 Å². The first kappa shape index (κ1) is 22.5. The van der Waals surface area contributed by atoms with Crippen LogP contribution in [0.2, 0.25) is 0 Å². The average Bonchev–Trinajstić information content (AvgIpc) is 3.09. The van der Waals surface area contributed by atoms with Gasteiger partial charge in [-0.05, 0) is 31.0 Å². The third-order valence-electron chi connectivity index (χ3n) is 4.82. The first-order valence-electron chi connectivity index (χ1n) is 9.01. The van der Waals surface area contributed by atoms with Crippen LogP contribution in [0.5, 0.6) is 0 Å². The Morgan fingerprint density at radius 1 is 1.32 bits per heavy atom. The number of fused-ring (bicyclic) bond motifs is 1. The Balaban J connectivity index is 2.13. The van der Waals surface area contributed by atoms with E-state index in [0.717, 1.165) is 0 Å². The topological polar surface area (TPSA) is 146 Å². The van der Waals surface area contributed by atoms with Crippen LogP contribution in [0.4, 0.5) is 19.0 Å². The average molecular weight is 437 g/mol. The highest BCUT2D eigenvalue weighted by Gasteiger charge is 2.51. The first-order valence-corrected chi connectivity index (χ1v) is 9.01. The molecular formula is C18H19BF3N5O4. The van der Waals surface area contributed by atoms with Crippen LogP contribution in [0.1, 0.15) is 28.5 Å². The van der Waals surface area contributed by atoms with E-state index in [0.29, 0.717) is 23.7 Å². The molecule has 2 aromatic heterocycles. The van der Waals surface area contributed by atoms with E-state index in [9.17, 15) is 23.1 Å². The zero-order chi connectivity index (χ0) is 23.1. The molecule has 0 aliphatic carbocycles. The molecular weight excluding hydrogens is 418 g/mol. The molecule has 9 nitrogen and oxygen atoms in total. The van der Waals surface area contributed by atoms with E-state index in [4.69, 9.17) is 15.8 Å². The number of carbonyl (C=O) groups excluding carboxylic acids is 1. The van der Waals surface area contributed by atoms with Crippen LogP contribution in [-0.4, -0.2) is 55.2 Å². The van der Waals surface area contributed by atoms with E-state index in [1.165, 1.54) is 35.0 Å². The Morgan fingerprint density at radius 2 is 2.00 bits per heavy atom. The predicted octanol–water partition coefficient (Wildman–Crippen LogP) is 0.799. The lowest BCUT2D eigenvalue weighted by Gasteiger charge is -2.27. The molecule has 0 radical (unpaired) electrons. The minimum absolute atomic E-state index is 0.112. The molecule has 0 saturated carbocycles. The molecule has 1 unspecified atom stereocenters. The predicted molar refractivity (Wildman–Crippen MR) is 106 cm³/mol. The molecule has 13 heteroatoms. The van der Waals surface area contributed by atoms with Crippen molar-refractivity contribution in [1.82, 2.24) is 19.7 Å². The van der Waals surface area contributed by atoms with Gasteiger partial charge in [0.2, 0.25) is 0 Å². The molecule has 0 aliphatic rings. The maximum absolute atomic E-state index is 13.3. The van der Waals surface area contributed by atoms with E-state index in [1.807, 2.05) is 0 Å². The molecule has 0 saturated heterocycles. The highest BCUT2D eigenvalue weighted by molar-refractivity contribution is 6.41. The van der Waals surface area contributed by atoms with Gasteiger partial charge in [0.05, 0.1) is 18.3 Å². The van der Waals surface area contributed by atoms with Gasteiger partial charge in [0.25, 0.3) is 5.91 Å². The molecule has 0 spiro atoms. The van der Waals surface area contributed by atoms with Crippen LogP contribution < -0.4 is 11.1 Å². The number of nitrogens with two attached hydrogens (primary N) is 1. The summed E-state index contributed by atoms with van der Waals surface area (Å²) in [7, 11) is -1.76. The third-order valence-corrected chi connectivity index (χ3v) is 4.82. The number of nitrogen functional groups attached to an aromatic ring is 1. The summed E-state index contributed by atoms with van der Waals surface area (Å²) in [6, 6.07) is 3.82. The fraction of sp³-hybridized carbons (Fsp3) is 0.278. The van der Waals surface area contributed by atoms with E-state index >= 15 is 0 Å². The highest BCUT2D eigenvalue weighted by Crippen LogP contribution is 2.40. The van der Waals surface area contributed by atoms with Crippen molar-refractivity contribution in [3.63, 3.8) is 0 Å². The summed E-state index contributed by atoms with van der Waals surface area (Å²) >= 11 is 0. The minimum Gasteiger partial charge on any atom is -0.426 e. The monoisotopic (exact) mass is 437 g/mol. The second-order valence-electron chi connectivity index (χ2n) is 7.14. The summed E-state index contributed by atoms with van der Waals surface area (Å²) in [4.78, 5) is 20.3. The molecule has 2 heterocycles. The Labute approximate surface area is 174 Å². The van der Waals surface area contributed by atoms with Gasteiger partial charge in [-0.1, -0.05) is 12.1 Å². The van der Waals surface area contributed by atoms with Gasteiger partial charge in [-0.15, -0.1) is 0 Å². The Bertz CT molecular complexity index is 1150. The fourth-order valence-electron chi connectivity index (χ4n) is 2.96. The summed E-state index contributed by atoms with van der Waals surface area (Å²) in [5.74, 6) is -0.855. The molecule has 1 amide bonds. The van der Waals surface area contributed by atoms with Crippen molar-refractivity contribution in [1.29, 1.82) is 0 Å². The number of aliphatic hydroxyl groups is 1. The van der Waals surface area contributed by atoms with Gasteiger partial charge < -0.3 is 26.2 Å². The second kappa shape index (κ2) is 7.83. The van der Waals surface area contributed by atoms with Crippen LogP contribution in [0.3, 0.4) is 0 Å². The number of alkyl halides is 3. The molecule has 3 aromatic rings. The number of nitrogens with zero attached hydrogens (tertiary/aromatic N) is 3. The van der Waals surface area contributed by atoms with E-state index in [-0.39, 0.29) is 22.7 Å². The van der Waals surface area contributed by atoms with E-state index in [2.05, 4.69) is 15.3 Å². The molecule has 1 aromatic carbocycles. The number of aryl methyl sites for hydroxylation is 1. The fourth-order valence-corrected chi connectivity index (χ4v) is 2.96. The van der Waals surface area contributed by atoms with Crippen molar-refractivity contribution in [2.24, 2.45) is 0 Å². The Morgan fingerprint density at radius 3 is 2.61 bits per heavy atom. The van der Waals surface area contributed by atoms with Crippen LogP contribution in [0, 0.1) is 6.92 Å². The number of hydrogen-bond donors (Lipinski definition) is 5. The third kappa shape index (κ3) is 4.20. The standard InChI is InChI=1S/C18H19BF3N5O4/c1-9-3-4-10(17(2,29)18(20,21)22)5-11(9)13-6-24-15-14(23)26-12(7-27(13)15)16(28)25-8-19(30)31/h3-7,29-31H,8H2,1-2H3,(H2,23,26)(H,25,28). The minimum atomic E-state index is -4.89. The number of amides is 1. The van der Waals surface area contributed by atoms with Crippen molar-refractivity contribution in [2.45, 2.75) is 25.6 Å². The van der Waals surface area contributed by atoms with E-state index in [1.54, 1.807) is 6.92 Å². The van der Waals surface area contributed by atoms with Crippen molar-refractivity contribution >= 4 is 24.5 Å². The maximum atomic E-state index is 13.3. The van der Waals surface area contributed by atoms with Crippen molar-refractivity contribution in [2.75, 3.05) is 12.2 Å². The Hall–Kier alpha value is -3.16. The van der Waals surface area contributed by atoms with Crippen LogP contribution in [0.15, 0.2) is 30.6 Å². The number of aromatic nitrogens is 3. The van der Waals surface area contributed by atoms with Gasteiger partial charge in [-0.25, -0.2) is 9.97 Å².